The highest BCUT2D eigenvalue weighted by Gasteiger charge is 2.08. The number of fused-ring (bicyclic) bond motifs is 2. The van der Waals surface area contributed by atoms with Crippen LogP contribution in [-0.2, 0) is 0 Å². The standard InChI is InChI=1S/C15H10FN5/c16-11-8-10-2-1-5-18-15(10)12(9-11)20-14-3-6-17-13-4-7-19-21(13)14/h1-9,20H. The van der Waals surface area contributed by atoms with Gasteiger partial charge >= 0.3 is 0 Å². The number of rotatable bonds is 2. The Morgan fingerprint density at radius 1 is 1.00 bits per heavy atom. The van der Waals surface area contributed by atoms with Crippen LogP contribution in [0.4, 0.5) is 15.9 Å². The van der Waals surface area contributed by atoms with Gasteiger partial charge in [-0.25, -0.2) is 9.37 Å². The summed E-state index contributed by atoms with van der Waals surface area (Å²) in [7, 11) is 0. The Hall–Kier alpha value is -3.02. The van der Waals surface area contributed by atoms with Gasteiger partial charge in [0.05, 0.1) is 17.4 Å². The zero-order chi connectivity index (χ0) is 14.2. The van der Waals surface area contributed by atoms with Gasteiger partial charge in [0.25, 0.3) is 0 Å². The molecule has 6 heteroatoms. The number of halogens is 1. The summed E-state index contributed by atoms with van der Waals surface area (Å²) in [4.78, 5) is 8.51. The summed E-state index contributed by atoms with van der Waals surface area (Å²) in [5, 5.41) is 8.11. The summed E-state index contributed by atoms with van der Waals surface area (Å²) < 4.78 is 15.4. The summed E-state index contributed by atoms with van der Waals surface area (Å²) >= 11 is 0. The second kappa shape index (κ2) is 4.52. The smallest absolute Gasteiger partial charge is 0.157 e. The van der Waals surface area contributed by atoms with E-state index >= 15 is 0 Å². The number of anilines is 2. The van der Waals surface area contributed by atoms with Gasteiger partial charge in [-0.05, 0) is 24.3 Å². The van der Waals surface area contributed by atoms with Gasteiger partial charge in [-0.15, -0.1) is 0 Å². The molecule has 0 aliphatic carbocycles. The van der Waals surface area contributed by atoms with Crippen LogP contribution >= 0.6 is 0 Å². The molecule has 0 saturated carbocycles. The van der Waals surface area contributed by atoms with Crippen molar-refractivity contribution in [3.05, 3.63) is 60.8 Å². The van der Waals surface area contributed by atoms with Crippen LogP contribution in [0.15, 0.2) is 55.0 Å². The fourth-order valence-corrected chi connectivity index (χ4v) is 2.32. The van der Waals surface area contributed by atoms with Crippen molar-refractivity contribution < 1.29 is 4.39 Å². The number of pyridine rings is 1. The van der Waals surface area contributed by atoms with E-state index in [0.29, 0.717) is 22.7 Å². The van der Waals surface area contributed by atoms with E-state index in [-0.39, 0.29) is 5.82 Å². The molecule has 3 aromatic heterocycles. The van der Waals surface area contributed by atoms with Crippen molar-refractivity contribution in [2.45, 2.75) is 0 Å². The molecule has 0 unspecified atom stereocenters. The van der Waals surface area contributed by atoms with Crippen molar-refractivity contribution in [3.63, 3.8) is 0 Å². The first-order valence-electron chi connectivity index (χ1n) is 6.41. The molecule has 1 N–H and O–H groups in total. The average molecular weight is 279 g/mol. The highest BCUT2D eigenvalue weighted by molar-refractivity contribution is 5.91. The van der Waals surface area contributed by atoms with Crippen LogP contribution in [-0.4, -0.2) is 19.6 Å². The quantitative estimate of drug-likeness (QED) is 0.612. The molecule has 4 aromatic rings. The van der Waals surface area contributed by atoms with E-state index in [0.717, 1.165) is 5.39 Å². The molecule has 0 aliphatic heterocycles. The number of hydrogen-bond donors (Lipinski definition) is 1. The van der Waals surface area contributed by atoms with Gasteiger partial charge in [-0.3, -0.25) is 4.98 Å². The van der Waals surface area contributed by atoms with Gasteiger partial charge in [0.1, 0.15) is 11.6 Å². The topological polar surface area (TPSA) is 55.1 Å². The molecular weight excluding hydrogens is 269 g/mol. The third-order valence-electron chi connectivity index (χ3n) is 3.22. The van der Waals surface area contributed by atoms with E-state index in [4.69, 9.17) is 0 Å². The van der Waals surface area contributed by atoms with Crippen LogP contribution in [0, 0.1) is 5.82 Å². The lowest BCUT2D eigenvalue weighted by molar-refractivity contribution is 0.630. The Labute approximate surface area is 119 Å². The molecule has 0 radical (unpaired) electrons. The van der Waals surface area contributed by atoms with Gasteiger partial charge in [-0.1, -0.05) is 6.07 Å². The third-order valence-corrected chi connectivity index (χ3v) is 3.22. The van der Waals surface area contributed by atoms with Crippen LogP contribution in [0.3, 0.4) is 0 Å². The molecule has 1 aromatic carbocycles. The molecule has 21 heavy (non-hydrogen) atoms. The van der Waals surface area contributed by atoms with E-state index in [1.165, 1.54) is 12.1 Å². The maximum absolute atomic E-state index is 13.8. The van der Waals surface area contributed by atoms with E-state index in [2.05, 4.69) is 20.4 Å². The first-order valence-corrected chi connectivity index (χ1v) is 6.41. The average Bonchev–Trinajstić information content (AvgIpc) is 2.96. The van der Waals surface area contributed by atoms with Crippen molar-refractivity contribution in [1.82, 2.24) is 19.6 Å². The molecule has 3 heterocycles. The second-order valence-electron chi connectivity index (χ2n) is 4.58. The largest absolute Gasteiger partial charge is 0.338 e. The summed E-state index contributed by atoms with van der Waals surface area (Å²) in [6, 6.07) is 10.1. The minimum absolute atomic E-state index is 0.316. The summed E-state index contributed by atoms with van der Waals surface area (Å²) in [5.41, 5.74) is 2.01. The summed E-state index contributed by atoms with van der Waals surface area (Å²) in [5.74, 6) is 0.381. The normalized spacial score (nSPS) is 11.1. The van der Waals surface area contributed by atoms with Gasteiger partial charge in [-0.2, -0.15) is 9.61 Å². The van der Waals surface area contributed by atoms with E-state index < -0.39 is 0 Å². The van der Waals surface area contributed by atoms with Crippen LogP contribution in [0.25, 0.3) is 16.6 Å². The lowest BCUT2D eigenvalue weighted by Crippen LogP contribution is -2.01. The van der Waals surface area contributed by atoms with Crippen molar-refractivity contribution >= 4 is 28.1 Å². The van der Waals surface area contributed by atoms with Crippen LogP contribution in [0.2, 0.25) is 0 Å². The fourth-order valence-electron chi connectivity index (χ4n) is 2.32. The molecule has 4 rings (SSSR count). The fraction of sp³-hybridized carbons (Fsp3) is 0. The Morgan fingerprint density at radius 3 is 2.90 bits per heavy atom. The molecule has 0 spiro atoms. The minimum atomic E-state index is -0.316. The maximum Gasteiger partial charge on any atom is 0.157 e. The summed E-state index contributed by atoms with van der Waals surface area (Å²) in [6.07, 6.45) is 5.02. The van der Waals surface area contributed by atoms with Crippen molar-refractivity contribution in [2.75, 3.05) is 5.32 Å². The monoisotopic (exact) mass is 279 g/mol. The zero-order valence-corrected chi connectivity index (χ0v) is 10.9. The molecular formula is C15H10FN5. The Bertz CT molecular complexity index is 947. The van der Waals surface area contributed by atoms with Crippen molar-refractivity contribution in [3.8, 4) is 0 Å². The molecule has 0 atom stereocenters. The number of benzene rings is 1. The minimum Gasteiger partial charge on any atom is -0.338 e. The highest BCUT2D eigenvalue weighted by atomic mass is 19.1. The Kier molecular flexibility index (Phi) is 2.53. The number of nitrogens with one attached hydrogen (secondary N) is 1. The van der Waals surface area contributed by atoms with E-state index in [1.54, 1.807) is 41.3 Å². The maximum atomic E-state index is 13.8. The molecule has 5 nitrogen and oxygen atoms in total. The SMILES string of the molecule is Fc1cc(Nc2ccnc3ccnn23)c2ncccc2c1. The predicted octanol–water partition coefficient (Wildman–Crippen LogP) is 3.16. The number of hydrogen-bond acceptors (Lipinski definition) is 4. The Morgan fingerprint density at radius 2 is 1.95 bits per heavy atom. The van der Waals surface area contributed by atoms with Gasteiger partial charge in [0.15, 0.2) is 5.65 Å². The van der Waals surface area contributed by atoms with E-state index in [1.807, 2.05) is 6.07 Å². The number of aromatic nitrogens is 4. The van der Waals surface area contributed by atoms with Crippen molar-refractivity contribution in [1.29, 1.82) is 0 Å². The van der Waals surface area contributed by atoms with Crippen LogP contribution in [0.5, 0.6) is 0 Å². The lowest BCUT2D eigenvalue weighted by atomic mass is 10.2. The van der Waals surface area contributed by atoms with Gasteiger partial charge in [0, 0.05) is 23.8 Å². The van der Waals surface area contributed by atoms with E-state index in [9.17, 15) is 4.39 Å². The number of nitrogens with zero attached hydrogens (tertiary/aromatic N) is 4. The predicted molar refractivity (Wildman–Crippen MR) is 78.0 cm³/mol. The molecule has 0 aliphatic rings. The Balaban J connectivity index is 1.89. The third kappa shape index (κ3) is 1.97. The first-order chi connectivity index (χ1) is 10.3. The van der Waals surface area contributed by atoms with Crippen molar-refractivity contribution in [2.24, 2.45) is 0 Å². The molecule has 0 fully saturated rings. The first kappa shape index (κ1) is 11.8. The second-order valence-corrected chi connectivity index (χ2v) is 4.58. The highest BCUT2D eigenvalue weighted by Crippen LogP contribution is 2.26. The summed E-state index contributed by atoms with van der Waals surface area (Å²) in [6.45, 7) is 0. The van der Waals surface area contributed by atoms with Crippen LogP contribution < -0.4 is 5.32 Å². The molecule has 102 valence electrons. The molecule has 0 amide bonds. The molecule has 0 bridgehead atoms. The lowest BCUT2D eigenvalue weighted by Gasteiger charge is -2.10. The van der Waals surface area contributed by atoms with Gasteiger partial charge < -0.3 is 5.32 Å². The van der Waals surface area contributed by atoms with Crippen LogP contribution in [0.1, 0.15) is 0 Å². The zero-order valence-electron chi connectivity index (χ0n) is 10.9. The molecule has 0 saturated heterocycles. The van der Waals surface area contributed by atoms with Gasteiger partial charge in [0.2, 0.25) is 0 Å².